The third-order valence-electron chi connectivity index (χ3n) is 5.51. The van der Waals surface area contributed by atoms with E-state index in [9.17, 15) is 9.18 Å². The van der Waals surface area contributed by atoms with Gasteiger partial charge in [0.05, 0.1) is 21.8 Å². The standard InChI is InChI=1S/C21H22Cl2FN5O/c1-11(2)16-17(14(22)7-8-25-16)29-20-13(10-15(24)18(23)26-20)19(27-21(29)30)28-9-5-4-6-12(28)3/h7-8,10-12H,4-6,9H2,1-3H3/t12-/m0/s1. The molecule has 30 heavy (non-hydrogen) atoms. The molecular formula is C21H22Cl2FN5O. The van der Waals surface area contributed by atoms with Crippen LogP contribution in [0, 0.1) is 5.82 Å². The molecule has 1 aliphatic heterocycles. The van der Waals surface area contributed by atoms with Gasteiger partial charge in [-0.1, -0.05) is 37.0 Å². The number of piperidine rings is 1. The van der Waals surface area contributed by atoms with Crippen LogP contribution in [0.1, 0.15) is 51.6 Å². The Kier molecular flexibility index (Phi) is 5.68. The van der Waals surface area contributed by atoms with E-state index in [1.54, 1.807) is 12.3 Å². The van der Waals surface area contributed by atoms with Crippen LogP contribution in [0.3, 0.4) is 0 Å². The van der Waals surface area contributed by atoms with E-state index in [1.807, 2.05) is 18.7 Å². The van der Waals surface area contributed by atoms with Gasteiger partial charge in [0.25, 0.3) is 0 Å². The summed E-state index contributed by atoms with van der Waals surface area (Å²) in [5, 5.41) is 0.436. The zero-order valence-corrected chi connectivity index (χ0v) is 18.5. The lowest BCUT2D eigenvalue weighted by Gasteiger charge is -2.35. The van der Waals surface area contributed by atoms with E-state index in [2.05, 4.69) is 21.9 Å². The van der Waals surface area contributed by atoms with E-state index in [1.165, 1.54) is 10.6 Å². The minimum Gasteiger partial charge on any atom is -0.353 e. The molecule has 3 aromatic rings. The van der Waals surface area contributed by atoms with Crippen LogP contribution < -0.4 is 10.6 Å². The number of aromatic nitrogens is 4. The number of nitrogens with zero attached hydrogens (tertiary/aromatic N) is 5. The van der Waals surface area contributed by atoms with Gasteiger partial charge in [-0.25, -0.2) is 18.7 Å². The molecule has 6 nitrogen and oxygen atoms in total. The highest BCUT2D eigenvalue weighted by Gasteiger charge is 2.27. The maximum atomic E-state index is 14.4. The lowest BCUT2D eigenvalue weighted by atomic mass is 10.0. The molecule has 4 rings (SSSR count). The lowest BCUT2D eigenvalue weighted by molar-refractivity contribution is 0.481. The molecular weight excluding hydrogens is 428 g/mol. The van der Waals surface area contributed by atoms with E-state index in [0.29, 0.717) is 27.6 Å². The van der Waals surface area contributed by atoms with Crippen LogP contribution in [0.25, 0.3) is 16.7 Å². The van der Waals surface area contributed by atoms with Gasteiger partial charge in [0.2, 0.25) is 0 Å². The van der Waals surface area contributed by atoms with Crippen LogP contribution in [-0.4, -0.2) is 32.1 Å². The van der Waals surface area contributed by atoms with Gasteiger partial charge in [-0.2, -0.15) is 4.98 Å². The zero-order chi connectivity index (χ0) is 21.6. The highest BCUT2D eigenvalue weighted by Crippen LogP contribution is 2.34. The predicted molar refractivity (Wildman–Crippen MR) is 118 cm³/mol. The first-order valence-corrected chi connectivity index (χ1v) is 10.8. The van der Waals surface area contributed by atoms with Crippen molar-refractivity contribution in [1.29, 1.82) is 0 Å². The zero-order valence-electron chi connectivity index (χ0n) is 17.0. The van der Waals surface area contributed by atoms with Crippen molar-refractivity contribution >= 4 is 40.1 Å². The second kappa shape index (κ2) is 8.12. The van der Waals surface area contributed by atoms with E-state index in [0.717, 1.165) is 25.8 Å². The molecule has 1 aliphatic rings. The molecule has 0 unspecified atom stereocenters. The van der Waals surface area contributed by atoms with Crippen molar-refractivity contribution in [3.63, 3.8) is 0 Å². The maximum absolute atomic E-state index is 14.4. The minimum atomic E-state index is -0.663. The topological polar surface area (TPSA) is 63.9 Å². The molecule has 0 radical (unpaired) electrons. The third kappa shape index (κ3) is 3.54. The summed E-state index contributed by atoms with van der Waals surface area (Å²) in [7, 11) is 0. The molecule has 4 heterocycles. The Balaban J connectivity index is 2.10. The Bertz CT molecular complexity index is 1180. The molecule has 0 bridgehead atoms. The second-order valence-electron chi connectivity index (χ2n) is 7.91. The monoisotopic (exact) mass is 449 g/mol. The first kappa shape index (κ1) is 21.0. The third-order valence-corrected chi connectivity index (χ3v) is 6.08. The highest BCUT2D eigenvalue weighted by atomic mass is 35.5. The Labute approximate surface area is 183 Å². The Hall–Kier alpha value is -2.25. The fourth-order valence-corrected chi connectivity index (χ4v) is 4.38. The largest absolute Gasteiger partial charge is 0.355 e. The number of pyridine rings is 2. The van der Waals surface area contributed by atoms with Crippen LogP contribution in [0.15, 0.2) is 23.1 Å². The van der Waals surface area contributed by atoms with E-state index < -0.39 is 11.5 Å². The number of hydrogen-bond acceptors (Lipinski definition) is 5. The molecule has 0 aromatic carbocycles. The van der Waals surface area contributed by atoms with Crippen molar-refractivity contribution < 1.29 is 4.39 Å². The van der Waals surface area contributed by atoms with Crippen LogP contribution >= 0.6 is 23.2 Å². The van der Waals surface area contributed by atoms with Gasteiger partial charge in [0.15, 0.2) is 16.6 Å². The number of fused-ring (bicyclic) bond motifs is 1. The molecule has 1 saturated heterocycles. The quantitative estimate of drug-likeness (QED) is 0.518. The van der Waals surface area contributed by atoms with E-state index in [4.69, 9.17) is 23.2 Å². The van der Waals surface area contributed by atoms with Crippen LogP contribution in [0.2, 0.25) is 10.2 Å². The molecule has 1 atom stereocenters. The van der Waals surface area contributed by atoms with Crippen LogP contribution in [0.5, 0.6) is 0 Å². The molecule has 3 aromatic heterocycles. The first-order chi connectivity index (χ1) is 14.3. The Morgan fingerprint density at radius 3 is 2.70 bits per heavy atom. The number of anilines is 1. The maximum Gasteiger partial charge on any atom is 0.355 e. The first-order valence-electron chi connectivity index (χ1n) is 9.99. The normalized spacial score (nSPS) is 17.2. The molecule has 1 fully saturated rings. The van der Waals surface area contributed by atoms with Crippen molar-refractivity contribution in [2.45, 2.75) is 52.0 Å². The van der Waals surface area contributed by atoms with Gasteiger partial charge in [-0.15, -0.1) is 0 Å². The molecule has 158 valence electrons. The van der Waals surface area contributed by atoms with Crippen LogP contribution in [-0.2, 0) is 0 Å². The molecule has 0 saturated carbocycles. The summed E-state index contributed by atoms with van der Waals surface area (Å²) in [5.41, 5.74) is 0.673. The second-order valence-corrected chi connectivity index (χ2v) is 8.67. The average molecular weight is 450 g/mol. The van der Waals surface area contributed by atoms with E-state index in [-0.39, 0.29) is 22.8 Å². The lowest BCUT2D eigenvalue weighted by Crippen LogP contribution is -2.40. The van der Waals surface area contributed by atoms with Gasteiger partial charge in [-0.05, 0) is 44.2 Å². The summed E-state index contributed by atoms with van der Waals surface area (Å²) >= 11 is 12.5. The van der Waals surface area contributed by atoms with Crippen molar-refractivity contribution in [2.75, 3.05) is 11.4 Å². The van der Waals surface area contributed by atoms with Gasteiger partial charge in [0.1, 0.15) is 5.82 Å². The predicted octanol–water partition coefficient (Wildman–Crippen LogP) is 5.12. The summed E-state index contributed by atoms with van der Waals surface area (Å²) in [6, 6.07) is 3.08. The fraction of sp³-hybridized carbons (Fsp3) is 0.429. The summed E-state index contributed by atoms with van der Waals surface area (Å²) in [4.78, 5) is 28.3. The van der Waals surface area contributed by atoms with Crippen molar-refractivity contribution in [3.05, 3.63) is 50.5 Å². The molecule has 0 amide bonds. The number of hydrogen-bond donors (Lipinski definition) is 0. The van der Waals surface area contributed by atoms with Crippen molar-refractivity contribution in [1.82, 2.24) is 19.5 Å². The number of rotatable bonds is 3. The SMILES string of the molecule is CC(C)c1nccc(Cl)c1-n1c(=O)nc(N2CCCC[C@@H]2C)c2cc(F)c(Cl)nc21. The summed E-state index contributed by atoms with van der Waals surface area (Å²) in [5.74, 6) is -0.255. The minimum absolute atomic E-state index is 0.0154. The molecule has 0 N–H and O–H groups in total. The van der Waals surface area contributed by atoms with Gasteiger partial charge >= 0.3 is 5.69 Å². The Morgan fingerprint density at radius 2 is 2.00 bits per heavy atom. The average Bonchev–Trinajstić information content (AvgIpc) is 2.70. The smallest absolute Gasteiger partial charge is 0.353 e. The Morgan fingerprint density at radius 1 is 1.23 bits per heavy atom. The summed E-state index contributed by atoms with van der Waals surface area (Å²) in [6.07, 6.45) is 4.65. The van der Waals surface area contributed by atoms with E-state index >= 15 is 0 Å². The summed E-state index contributed by atoms with van der Waals surface area (Å²) < 4.78 is 15.7. The van der Waals surface area contributed by atoms with Crippen molar-refractivity contribution in [2.24, 2.45) is 0 Å². The van der Waals surface area contributed by atoms with Crippen molar-refractivity contribution in [3.8, 4) is 5.69 Å². The number of halogens is 3. The fourth-order valence-electron chi connectivity index (χ4n) is 4.01. The molecule has 0 spiro atoms. The molecule has 9 heteroatoms. The van der Waals surface area contributed by atoms with Crippen LogP contribution in [0.4, 0.5) is 10.2 Å². The van der Waals surface area contributed by atoms with Gasteiger partial charge < -0.3 is 4.90 Å². The highest BCUT2D eigenvalue weighted by molar-refractivity contribution is 6.32. The molecule has 0 aliphatic carbocycles. The van der Waals surface area contributed by atoms with Gasteiger partial charge in [0, 0.05) is 18.8 Å². The van der Waals surface area contributed by atoms with Gasteiger partial charge in [-0.3, -0.25) is 4.98 Å². The summed E-state index contributed by atoms with van der Waals surface area (Å²) in [6.45, 7) is 6.72.